The van der Waals surface area contributed by atoms with E-state index >= 15 is 0 Å². The Kier molecular flexibility index (Phi) is 4.57. The van der Waals surface area contributed by atoms with Gasteiger partial charge in [0, 0.05) is 8.95 Å². The standard InChI is InChI=1S/C16H11Br2N/c1-11-2-3-12(9-16(11)18)8-14(10-19)13-4-6-15(17)7-5-13/h2-9H,1H3/b14-8-. The first-order valence-corrected chi connectivity index (χ1v) is 7.32. The number of halogens is 2. The maximum atomic E-state index is 9.29. The van der Waals surface area contributed by atoms with Crippen molar-refractivity contribution in [3.8, 4) is 6.07 Å². The van der Waals surface area contributed by atoms with Crippen LogP contribution in [0.2, 0.25) is 0 Å². The van der Waals surface area contributed by atoms with Gasteiger partial charge in [0.1, 0.15) is 0 Å². The molecule has 0 fully saturated rings. The van der Waals surface area contributed by atoms with Crippen molar-refractivity contribution in [2.75, 3.05) is 0 Å². The van der Waals surface area contributed by atoms with E-state index in [-0.39, 0.29) is 0 Å². The van der Waals surface area contributed by atoms with Crippen LogP contribution in [0.1, 0.15) is 16.7 Å². The predicted molar refractivity (Wildman–Crippen MR) is 86.5 cm³/mol. The smallest absolute Gasteiger partial charge is 0.0998 e. The molecule has 0 saturated heterocycles. The summed E-state index contributed by atoms with van der Waals surface area (Å²) in [4.78, 5) is 0. The van der Waals surface area contributed by atoms with Gasteiger partial charge in [-0.3, -0.25) is 0 Å². The molecule has 0 N–H and O–H groups in total. The quantitative estimate of drug-likeness (QED) is 0.495. The van der Waals surface area contributed by atoms with Gasteiger partial charge in [-0.15, -0.1) is 0 Å². The highest BCUT2D eigenvalue weighted by Crippen LogP contribution is 2.23. The van der Waals surface area contributed by atoms with Crippen LogP contribution in [0.5, 0.6) is 0 Å². The fraction of sp³-hybridized carbons (Fsp3) is 0.0625. The number of nitriles is 1. The molecular formula is C16H11Br2N. The van der Waals surface area contributed by atoms with E-state index in [2.05, 4.69) is 37.9 Å². The summed E-state index contributed by atoms with van der Waals surface area (Å²) in [6.07, 6.45) is 1.90. The molecular weight excluding hydrogens is 366 g/mol. The summed E-state index contributed by atoms with van der Waals surface area (Å²) in [6, 6.07) is 16.1. The van der Waals surface area contributed by atoms with Crippen LogP contribution in [0.3, 0.4) is 0 Å². The summed E-state index contributed by atoms with van der Waals surface area (Å²) >= 11 is 6.90. The average Bonchev–Trinajstić information content (AvgIpc) is 2.41. The van der Waals surface area contributed by atoms with E-state index in [9.17, 15) is 5.26 Å². The Hall–Kier alpha value is -1.37. The van der Waals surface area contributed by atoms with Gasteiger partial charge in [-0.2, -0.15) is 5.26 Å². The molecule has 1 nitrogen and oxygen atoms in total. The van der Waals surface area contributed by atoms with Crippen molar-refractivity contribution in [2.45, 2.75) is 6.92 Å². The summed E-state index contributed by atoms with van der Waals surface area (Å²) in [6.45, 7) is 2.04. The highest BCUT2D eigenvalue weighted by molar-refractivity contribution is 9.10. The van der Waals surface area contributed by atoms with Gasteiger partial charge in [-0.25, -0.2) is 0 Å². The largest absolute Gasteiger partial charge is 0.192 e. The summed E-state index contributed by atoms with van der Waals surface area (Å²) in [5, 5.41) is 9.29. The summed E-state index contributed by atoms with van der Waals surface area (Å²) in [5.74, 6) is 0. The molecule has 0 atom stereocenters. The highest BCUT2D eigenvalue weighted by Gasteiger charge is 2.02. The van der Waals surface area contributed by atoms with Gasteiger partial charge in [0.2, 0.25) is 0 Å². The van der Waals surface area contributed by atoms with Gasteiger partial charge in [-0.05, 0) is 47.9 Å². The SMILES string of the molecule is Cc1ccc(/C=C(/C#N)c2ccc(Br)cc2)cc1Br. The molecule has 0 aromatic heterocycles. The molecule has 2 aromatic carbocycles. The van der Waals surface area contributed by atoms with E-state index in [0.717, 1.165) is 20.1 Å². The first kappa shape index (κ1) is 14.0. The minimum atomic E-state index is 0.656. The number of hydrogen-bond donors (Lipinski definition) is 0. The van der Waals surface area contributed by atoms with Gasteiger partial charge in [-0.1, -0.05) is 56.1 Å². The number of nitrogens with zero attached hydrogens (tertiary/aromatic N) is 1. The lowest BCUT2D eigenvalue weighted by Crippen LogP contribution is -1.83. The van der Waals surface area contributed by atoms with Crippen molar-refractivity contribution < 1.29 is 0 Å². The topological polar surface area (TPSA) is 23.8 Å². The minimum absolute atomic E-state index is 0.656. The zero-order valence-corrected chi connectivity index (χ0v) is 13.5. The Morgan fingerprint density at radius 1 is 1.11 bits per heavy atom. The Bertz CT molecular complexity index is 664. The zero-order chi connectivity index (χ0) is 13.8. The first-order chi connectivity index (χ1) is 9.10. The monoisotopic (exact) mass is 375 g/mol. The molecule has 2 aromatic rings. The zero-order valence-electron chi connectivity index (χ0n) is 10.3. The molecule has 0 radical (unpaired) electrons. The van der Waals surface area contributed by atoms with Gasteiger partial charge >= 0.3 is 0 Å². The Labute approximate surface area is 129 Å². The second-order valence-electron chi connectivity index (χ2n) is 4.19. The van der Waals surface area contributed by atoms with Crippen molar-refractivity contribution in [3.63, 3.8) is 0 Å². The third-order valence-electron chi connectivity index (χ3n) is 2.78. The fourth-order valence-electron chi connectivity index (χ4n) is 1.68. The molecule has 0 aliphatic heterocycles. The van der Waals surface area contributed by atoms with Crippen LogP contribution in [0.25, 0.3) is 11.6 Å². The third kappa shape index (κ3) is 3.56. The van der Waals surface area contributed by atoms with Crippen molar-refractivity contribution >= 4 is 43.5 Å². The van der Waals surface area contributed by atoms with Crippen LogP contribution in [0.4, 0.5) is 0 Å². The van der Waals surface area contributed by atoms with Crippen molar-refractivity contribution in [2.24, 2.45) is 0 Å². The molecule has 0 spiro atoms. The Morgan fingerprint density at radius 2 is 1.79 bits per heavy atom. The lowest BCUT2D eigenvalue weighted by Gasteiger charge is -2.02. The molecule has 0 aliphatic carbocycles. The van der Waals surface area contributed by atoms with Gasteiger partial charge in [0.05, 0.1) is 11.6 Å². The molecule has 3 heteroatoms. The average molecular weight is 377 g/mol. The molecule has 0 bridgehead atoms. The Balaban J connectivity index is 2.41. The van der Waals surface area contributed by atoms with E-state index in [1.165, 1.54) is 5.56 Å². The molecule has 0 heterocycles. The fourth-order valence-corrected chi connectivity index (χ4v) is 2.34. The van der Waals surface area contributed by atoms with Gasteiger partial charge in [0.25, 0.3) is 0 Å². The van der Waals surface area contributed by atoms with Crippen LogP contribution < -0.4 is 0 Å². The van der Waals surface area contributed by atoms with Crippen molar-refractivity contribution in [1.82, 2.24) is 0 Å². The van der Waals surface area contributed by atoms with Crippen LogP contribution in [0.15, 0.2) is 51.4 Å². The number of benzene rings is 2. The second-order valence-corrected chi connectivity index (χ2v) is 5.96. The summed E-state index contributed by atoms with van der Waals surface area (Å²) in [5.41, 5.74) is 3.77. The second kappa shape index (κ2) is 6.18. The Morgan fingerprint density at radius 3 is 2.37 bits per heavy atom. The lowest BCUT2D eigenvalue weighted by molar-refractivity contribution is 1.42. The van der Waals surface area contributed by atoms with Crippen molar-refractivity contribution in [1.29, 1.82) is 5.26 Å². The number of allylic oxidation sites excluding steroid dienone is 1. The van der Waals surface area contributed by atoms with Crippen LogP contribution in [-0.4, -0.2) is 0 Å². The maximum Gasteiger partial charge on any atom is 0.0998 e. The van der Waals surface area contributed by atoms with E-state index in [0.29, 0.717) is 5.57 Å². The van der Waals surface area contributed by atoms with Crippen molar-refractivity contribution in [3.05, 3.63) is 68.1 Å². The number of aryl methyl sites for hydroxylation is 1. The number of hydrogen-bond acceptors (Lipinski definition) is 1. The van der Waals surface area contributed by atoms with E-state index in [1.807, 2.05) is 55.5 Å². The minimum Gasteiger partial charge on any atom is -0.192 e. The van der Waals surface area contributed by atoms with Crippen LogP contribution in [0, 0.1) is 18.3 Å². The molecule has 94 valence electrons. The van der Waals surface area contributed by atoms with Gasteiger partial charge in [0.15, 0.2) is 0 Å². The van der Waals surface area contributed by atoms with Gasteiger partial charge < -0.3 is 0 Å². The first-order valence-electron chi connectivity index (χ1n) is 5.74. The van der Waals surface area contributed by atoms with Crippen LogP contribution in [-0.2, 0) is 0 Å². The predicted octanol–water partition coefficient (Wildman–Crippen LogP) is 5.58. The normalized spacial score (nSPS) is 11.2. The summed E-state index contributed by atoms with van der Waals surface area (Å²) in [7, 11) is 0. The van der Waals surface area contributed by atoms with E-state index in [4.69, 9.17) is 0 Å². The molecule has 2 rings (SSSR count). The highest BCUT2D eigenvalue weighted by atomic mass is 79.9. The van der Waals surface area contributed by atoms with Crippen LogP contribution >= 0.6 is 31.9 Å². The maximum absolute atomic E-state index is 9.29. The molecule has 19 heavy (non-hydrogen) atoms. The molecule has 0 amide bonds. The molecule has 0 unspecified atom stereocenters. The number of rotatable bonds is 2. The molecule has 0 saturated carbocycles. The third-order valence-corrected chi connectivity index (χ3v) is 4.17. The van der Waals surface area contributed by atoms with E-state index < -0.39 is 0 Å². The van der Waals surface area contributed by atoms with E-state index in [1.54, 1.807) is 0 Å². The molecule has 0 aliphatic rings. The summed E-state index contributed by atoms with van der Waals surface area (Å²) < 4.78 is 2.06. The lowest BCUT2D eigenvalue weighted by atomic mass is 10.0.